The number of aromatic nitrogens is 2. The maximum Gasteiger partial charge on any atom is 0.410 e. The number of nitrogens with zero attached hydrogens (tertiary/aromatic N) is 5. The molecule has 0 atom stereocenters. The molecule has 2 aromatic heterocycles. The lowest BCUT2D eigenvalue weighted by Gasteiger charge is -2.39. The lowest BCUT2D eigenvalue weighted by Crippen LogP contribution is -2.49. The van der Waals surface area contributed by atoms with E-state index in [-0.39, 0.29) is 47.2 Å². The van der Waals surface area contributed by atoms with Crippen LogP contribution in [0.3, 0.4) is 0 Å². The van der Waals surface area contributed by atoms with Gasteiger partial charge >= 0.3 is 6.09 Å². The zero-order valence-electron chi connectivity index (χ0n) is 48.8. The van der Waals surface area contributed by atoms with Crippen molar-refractivity contribution >= 4 is 39.7 Å². The van der Waals surface area contributed by atoms with Crippen LogP contribution in [-0.2, 0) is 30.9 Å². The van der Waals surface area contributed by atoms with Gasteiger partial charge in [-0.25, -0.2) is 4.79 Å². The number of carbonyl (C=O) groups excluding carboxylic acids is 3. The number of piperidine rings is 2. The summed E-state index contributed by atoms with van der Waals surface area (Å²) >= 11 is 0. The summed E-state index contributed by atoms with van der Waals surface area (Å²) in [6.45, 7) is 19.3. The Morgan fingerprint density at radius 3 is 1.48 bits per heavy atom. The number of fused-ring (bicyclic) bond motifs is 4. The van der Waals surface area contributed by atoms with E-state index in [1.807, 2.05) is 105 Å². The van der Waals surface area contributed by atoms with Gasteiger partial charge in [0.1, 0.15) is 32.0 Å². The van der Waals surface area contributed by atoms with Crippen molar-refractivity contribution in [3.05, 3.63) is 139 Å². The van der Waals surface area contributed by atoms with E-state index in [1.54, 1.807) is 4.57 Å². The minimum Gasteiger partial charge on any atom is -0.486 e. The monoisotopic (exact) mass is 1130 g/mol. The lowest BCUT2D eigenvalue weighted by molar-refractivity contribution is 0.00560. The molecule has 2 aliphatic carbocycles. The number of ether oxygens (including phenoxy) is 5. The molecule has 6 aliphatic rings. The third-order valence-corrected chi connectivity index (χ3v) is 16.5. The van der Waals surface area contributed by atoms with Crippen molar-refractivity contribution in [3.63, 3.8) is 0 Å². The maximum absolute atomic E-state index is 13.4. The van der Waals surface area contributed by atoms with Crippen molar-refractivity contribution in [3.8, 4) is 23.0 Å². The summed E-state index contributed by atoms with van der Waals surface area (Å²) in [5.41, 5.74) is 5.95. The summed E-state index contributed by atoms with van der Waals surface area (Å²) in [5, 5.41) is 11.4. The molecule has 3 N–H and O–H groups in total. The van der Waals surface area contributed by atoms with Crippen LogP contribution in [0.2, 0.25) is 0 Å². The van der Waals surface area contributed by atoms with E-state index in [9.17, 15) is 24.0 Å². The van der Waals surface area contributed by atoms with Crippen molar-refractivity contribution in [1.29, 1.82) is 0 Å². The van der Waals surface area contributed by atoms with E-state index in [1.165, 1.54) is 17.7 Å². The normalized spacial score (nSPS) is 17.6. The number of likely N-dealkylation sites (tertiary alicyclic amines) is 2. The number of benzene rings is 4. The number of carbonyl (C=O) groups is 3. The molecule has 440 valence electrons. The zero-order valence-corrected chi connectivity index (χ0v) is 48.8. The molecule has 18 heteroatoms. The first-order valence-electron chi connectivity index (χ1n) is 29.9. The molecule has 6 heterocycles. The predicted octanol–water partition coefficient (Wildman–Crippen LogP) is 8.10. The third kappa shape index (κ3) is 14.5. The zero-order chi connectivity index (χ0) is 57.8. The van der Waals surface area contributed by atoms with Gasteiger partial charge in [0.25, 0.3) is 22.9 Å². The van der Waals surface area contributed by atoms with Crippen LogP contribution >= 0.6 is 0 Å². The lowest BCUT2D eigenvalue weighted by atomic mass is 10.0. The Bertz CT molecular complexity index is 3470. The first kappa shape index (κ1) is 57.4. The summed E-state index contributed by atoms with van der Waals surface area (Å²) in [7, 11) is 0. The quantitative estimate of drug-likeness (QED) is 0.0845. The summed E-state index contributed by atoms with van der Waals surface area (Å²) in [6.07, 6.45) is 7.41. The van der Waals surface area contributed by atoms with Gasteiger partial charge in [-0.3, -0.25) is 19.2 Å². The largest absolute Gasteiger partial charge is 0.486 e. The van der Waals surface area contributed by atoms with E-state index in [2.05, 4.69) is 37.9 Å². The SMILES string of the molecule is Cc1ccc2c(C(=O)NC3CC3)cc(=O)n(CCN3CCC(N(Cc4ccc5c(c4)OCCO5)C(=O)OC(C)(C)C)CC3)c2c1.Cc1ccc2c(C(=O)NC3CC3)cc(=O)n(CCN3CCC(NCc4ccc5c(c4)OCCO5)CC3)c2c1. The second-order valence-corrected chi connectivity index (χ2v) is 24.3. The van der Waals surface area contributed by atoms with Crippen LogP contribution in [0, 0.1) is 13.8 Å². The average Bonchev–Trinajstić information content (AvgIpc) is 4.59. The van der Waals surface area contributed by atoms with Gasteiger partial charge in [0.15, 0.2) is 23.0 Å². The number of amides is 3. The van der Waals surface area contributed by atoms with Crippen LogP contribution in [0.1, 0.15) is 115 Å². The Morgan fingerprint density at radius 2 is 1.00 bits per heavy atom. The van der Waals surface area contributed by atoms with Gasteiger partial charge in [-0.05, 0) is 158 Å². The smallest absolute Gasteiger partial charge is 0.410 e. The summed E-state index contributed by atoms with van der Waals surface area (Å²) in [5.74, 6) is 2.76. The molecule has 18 nitrogen and oxygen atoms in total. The standard InChI is InChI=1S/C35H44N4O6.C30H36N4O4/c1-23-5-9-27-28(33(41)36-25-7-8-25)21-32(40)38(29(27)19-23)16-15-37-13-11-26(12-14-37)39(34(42)45-35(2,3)4)22-24-6-10-30-31(20-24)44-18-17-43-30;1-20-2-6-24-25(30(36)32-23-4-5-23)18-29(35)34(26(24)16-20)13-12-33-10-8-22(9-11-33)31-19-21-3-7-27-28(17-21)38-15-14-37-27/h5-6,9-10,19-21,25-26H,7-8,11-18,22H2,1-4H3,(H,36,41);2-3,6-7,16-18,22-23,31H,4-5,8-15,19H2,1H3,(H,32,36). The molecular weight excluding hydrogens is 1050 g/mol. The molecule has 83 heavy (non-hydrogen) atoms. The Balaban J connectivity index is 0.000000176. The second-order valence-electron chi connectivity index (χ2n) is 24.3. The maximum atomic E-state index is 13.4. The van der Waals surface area contributed by atoms with Crippen LogP contribution in [-0.4, -0.2) is 137 Å². The van der Waals surface area contributed by atoms with Gasteiger partial charge in [0.05, 0.1) is 22.2 Å². The first-order valence-corrected chi connectivity index (χ1v) is 29.9. The summed E-state index contributed by atoms with van der Waals surface area (Å²) in [4.78, 5) is 72.3. The molecular formula is C65H80N8O10. The Hall–Kier alpha value is -7.41. The van der Waals surface area contributed by atoms with Gasteiger partial charge < -0.3 is 63.5 Å². The van der Waals surface area contributed by atoms with E-state index in [0.29, 0.717) is 75.5 Å². The molecule has 3 amide bonds. The molecule has 2 saturated heterocycles. The van der Waals surface area contributed by atoms with Crippen molar-refractivity contribution in [2.45, 2.75) is 142 Å². The van der Waals surface area contributed by atoms with Crippen LogP contribution < -0.4 is 46.0 Å². The van der Waals surface area contributed by atoms with E-state index >= 15 is 0 Å². The molecule has 0 radical (unpaired) electrons. The fourth-order valence-corrected chi connectivity index (χ4v) is 11.6. The fraction of sp³-hybridized carbons (Fsp3) is 0.492. The molecule has 0 unspecified atom stereocenters. The highest BCUT2D eigenvalue weighted by molar-refractivity contribution is 6.07. The first-order chi connectivity index (χ1) is 40.1. The molecule has 6 aromatic rings. The number of nitrogens with one attached hydrogen (secondary N) is 3. The van der Waals surface area contributed by atoms with Gasteiger partial charge in [-0.15, -0.1) is 0 Å². The molecule has 2 saturated carbocycles. The highest BCUT2D eigenvalue weighted by Crippen LogP contribution is 2.34. The number of hydrogen-bond donors (Lipinski definition) is 3. The van der Waals surface area contributed by atoms with Gasteiger partial charge in [0.2, 0.25) is 0 Å². The van der Waals surface area contributed by atoms with Crippen LogP contribution in [0.4, 0.5) is 4.79 Å². The van der Waals surface area contributed by atoms with Crippen LogP contribution in [0.15, 0.2) is 94.5 Å². The minimum atomic E-state index is -0.606. The van der Waals surface area contributed by atoms with Crippen LogP contribution in [0.5, 0.6) is 23.0 Å². The predicted molar refractivity (Wildman–Crippen MR) is 319 cm³/mol. The van der Waals surface area contributed by atoms with Crippen LogP contribution in [0.25, 0.3) is 21.8 Å². The van der Waals surface area contributed by atoms with Crippen molar-refractivity contribution in [2.24, 2.45) is 0 Å². The van der Waals surface area contributed by atoms with Crippen molar-refractivity contribution < 1.29 is 38.1 Å². The van der Waals surface area contributed by atoms with Crippen molar-refractivity contribution in [2.75, 3.05) is 65.7 Å². The molecule has 4 fully saturated rings. The number of hydrogen-bond acceptors (Lipinski definition) is 13. The Kier molecular flexibility index (Phi) is 17.4. The second kappa shape index (κ2) is 25.2. The van der Waals surface area contributed by atoms with Crippen molar-refractivity contribution in [1.82, 2.24) is 39.8 Å². The third-order valence-electron chi connectivity index (χ3n) is 16.5. The number of aryl methyl sites for hydroxylation is 2. The van der Waals surface area contributed by atoms with Gasteiger partial charge in [-0.2, -0.15) is 0 Å². The molecule has 12 rings (SSSR count). The minimum absolute atomic E-state index is 0.0137. The molecule has 4 aromatic carbocycles. The summed E-state index contributed by atoms with van der Waals surface area (Å²) in [6, 6.07) is 27.9. The van der Waals surface area contributed by atoms with E-state index < -0.39 is 5.60 Å². The number of pyridine rings is 2. The van der Waals surface area contributed by atoms with Gasteiger partial charge in [-0.1, -0.05) is 36.4 Å². The average molecular weight is 1130 g/mol. The summed E-state index contributed by atoms with van der Waals surface area (Å²) < 4.78 is 32.2. The highest BCUT2D eigenvalue weighted by atomic mass is 16.6. The number of rotatable bonds is 16. The molecule has 4 aliphatic heterocycles. The fourth-order valence-electron chi connectivity index (χ4n) is 11.6. The topological polar surface area (TPSA) is 187 Å². The Labute approximate surface area is 485 Å². The highest BCUT2D eigenvalue weighted by Gasteiger charge is 2.33. The Morgan fingerprint density at radius 1 is 0.542 bits per heavy atom. The van der Waals surface area contributed by atoms with E-state index in [0.717, 1.165) is 146 Å². The van der Waals surface area contributed by atoms with Gasteiger partial charge in [0, 0.05) is 99.4 Å². The molecule has 0 bridgehead atoms. The van der Waals surface area contributed by atoms with E-state index in [4.69, 9.17) is 23.7 Å². The molecule has 0 spiro atoms.